The fourth-order valence-electron chi connectivity index (χ4n) is 2.68. The van der Waals surface area contributed by atoms with E-state index in [-0.39, 0.29) is 25.0 Å². The highest BCUT2D eigenvalue weighted by molar-refractivity contribution is 5.92. The highest BCUT2D eigenvalue weighted by Crippen LogP contribution is 2.32. The minimum absolute atomic E-state index is 0.119. The molecule has 2 heterocycles. The molecule has 27 heavy (non-hydrogen) atoms. The van der Waals surface area contributed by atoms with Gasteiger partial charge in [-0.05, 0) is 30.3 Å². The van der Waals surface area contributed by atoms with E-state index in [0.29, 0.717) is 29.6 Å². The lowest BCUT2D eigenvalue weighted by molar-refractivity contribution is -0.124. The van der Waals surface area contributed by atoms with Crippen molar-refractivity contribution in [1.29, 1.82) is 0 Å². The average molecular weight is 371 g/mol. The lowest BCUT2D eigenvalue weighted by Gasteiger charge is -2.26. The van der Waals surface area contributed by atoms with Crippen molar-refractivity contribution in [2.75, 3.05) is 26.6 Å². The van der Waals surface area contributed by atoms with Crippen molar-refractivity contribution < 1.29 is 33.3 Å². The van der Waals surface area contributed by atoms with Gasteiger partial charge in [-0.2, -0.15) is 0 Å². The number of carbonyl (C=O) groups excluding carboxylic acids is 2. The van der Waals surface area contributed by atoms with E-state index in [4.69, 9.17) is 23.7 Å². The summed E-state index contributed by atoms with van der Waals surface area (Å²) in [5.74, 6) is 1.32. The molecule has 2 aliphatic heterocycles. The van der Waals surface area contributed by atoms with Gasteiger partial charge in [0.15, 0.2) is 29.6 Å². The SMILES string of the molecule is O=C(COC(=O)c1ccc2c(c1)OCO2)NC[C@H]1COc2ccccc2O1. The van der Waals surface area contributed by atoms with Crippen molar-refractivity contribution in [2.45, 2.75) is 6.10 Å². The monoisotopic (exact) mass is 371 g/mol. The second-order valence-electron chi connectivity index (χ2n) is 5.95. The van der Waals surface area contributed by atoms with E-state index in [2.05, 4.69) is 5.32 Å². The van der Waals surface area contributed by atoms with Crippen LogP contribution < -0.4 is 24.3 Å². The van der Waals surface area contributed by atoms with Crippen LogP contribution in [0.4, 0.5) is 0 Å². The maximum absolute atomic E-state index is 12.0. The van der Waals surface area contributed by atoms with Gasteiger partial charge in [-0.25, -0.2) is 4.79 Å². The Morgan fingerprint density at radius 1 is 1.00 bits per heavy atom. The van der Waals surface area contributed by atoms with Gasteiger partial charge in [0.05, 0.1) is 12.1 Å². The first-order valence-electron chi connectivity index (χ1n) is 8.41. The van der Waals surface area contributed by atoms with Crippen LogP contribution in [0.5, 0.6) is 23.0 Å². The van der Waals surface area contributed by atoms with E-state index < -0.39 is 18.5 Å². The molecule has 4 rings (SSSR count). The van der Waals surface area contributed by atoms with Gasteiger partial charge < -0.3 is 29.0 Å². The third kappa shape index (κ3) is 3.89. The van der Waals surface area contributed by atoms with Crippen molar-refractivity contribution in [2.24, 2.45) is 0 Å². The molecule has 0 aliphatic carbocycles. The Kier molecular flexibility index (Phi) is 4.69. The van der Waals surface area contributed by atoms with Crippen LogP contribution in [-0.4, -0.2) is 44.5 Å². The molecule has 0 spiro atoms. The van der Waals surface area contributed by atoms with Crippen LogP contribution in [0.2, 0.25) is 0 Å². The van der Waals surface area contributed by atoms with Gasteiger partial charge >= 0.3 is 5.97 Å². The molecule has 0 radical (unpaired) electrons. The Morgan fingerprint density at radius 2 is 1.78 bits per heavy atom. The Bertz CT molecular complexity index is 867. The van der Waals surface area contributed by atoms with Crippen LogP contribution in [0.3, 0.4) is 0 Å². The molecule has 1 amide bonds. The van der Waals surface area contributed by atoms with Crippen LogP contribution >= 0.6 is 0 Å². The number of esters is 1. The number of para-hydroxylation sites is 2. The molecule has 0 unspecified atom stereocenters. The zero-order valence-electron chi connectivity index (χ0n) is 14.3. The quantitative estimate of drug-likeness (QED) is 0.797. The summed E-state index contributed by atoms with van der Waals surface area (Å²) in [5, 5.41) is 2.67. The van der Waals surface area contributed by atoms with Crippen LogP contribution in [0.25, 0.3) is 0 Å². The Hall–Kier alpha value is -3.42. The molecule has 0 saturated carbocycles. The second-order valence-corrected chi connectivity index (χ2v) is 5.95. The van der Waals surface area contributed by atoms with E-state index in [1.807, 2.05) is 18.2 Å². The van der Waals surface area contributed by atoms with E-state index >= 15 is 0 Å². The Balaban J connectivity index is 1.23. The summed E-state index contributed by atoms with van der Waals surface area (Å²) >= 11 is 0. The van der Waals surface area contributed by atoms with Gasteiger partial charge in [0, 0.05) is 0 Å². The first-order valence-corrected chi connectivity index (χ1v) is 8.41. The molecule has 0 saturated heterocycles. The highest BCUT2D eigenvalue weighted by atomic mass is 16.7. The summed E-state index contributed by atoms with van der Waals surface area (Å²) in [5.41, 5.74) is 0.285. The summed E-state index contributed by atoms with van der Waals surface area (Å²) in [6, 6.07) is 12.0. The van der Waals surface area contributed by atoms with E-state index in [9.17, 15) is 9.59 Å². The smallest absolute Gasteiger partial charge is 0.338 e. The third-order valence-electron chi connectivity index (χ3n) is 4.04. The van der Waals surface area contributed by atoms with E-state index in [1.54, 1.807) is 18.2 Å². The molecule has 1 atom stereocenters. The van der Waals surface area contributed by atoms with Crippen LogP contribution in [0, 0.1) is 0 Å². The number of benzene rings is 2. The number of hydrogen-bond acceptors (Lipinski definition) is 7. The molecular formula is C19H17NO7. The van der Waals surface area contributed by atoms with Gasteiger partial charge in [0.1, 0.15) is 12.7 Å². The molecule has 2 aliphatic rings. The number of carbonyl (C=O) groups is 2. The number of nitrogens with one attached hydrogen (secondary N) is 1. The molecule has 0 aromatic heterocycles. The lowest BCUT2D eigenvalue weighted by Crippen LogP contribution is -2.42. The molecule has 0 bridgehead atoms. The fraction of sp³-hybridized carbons (Fsp3) is 0.263. The predicted molar refractivity (Wildman–Crippen MR) is 92.2 cm³/mol. The zero-order chi connectivity index (χ0) is 18.6. The Labute approximate surface area is 154 Å². The first kappa shape index (κ1) is 17.0. The maximum atomic E-state index is 12.0. The summed E-state index contributed by atoms with van der Waals surface area (Å²) in [6.07, 6.45) is -0.312. The molecule has 8 heteroatoms. The molecule has 8 nitrogen and oxygen atoms in total. The molecule has 2 aromatic carbocycles. The molecule has 1 N–H and O–H groups in total. The maximum Gasteiger partial charge on any atom is 0.338 e. The van der Waals surface area contributed by atoms with Crippen molar-refractivity contribution in [1.82, 2.24) is 5.32 Å². The summed E-state index contributed by atoms with van der Waals surface area (Å²) < 4.78 is 26.7. The lowest BCUT2D eigenvalue weighted by atomic mass is 10.2. The zero-order valence-corrected chi connectivity index (χ0v) is 14.3. The fourth-order valence-corrected chi connectivity index (χ4v) is 2.68. The highest BCUT2D eigenvalue weighted by Gasteiger charge is 2.22. The summed E-state index contributed by atoms with van der Waals surface area (Å²) in [7, 11) is 0. The number of fused-ring (bicyclic) bond motifs is 2. The van der Waals surface area contributed by atoms with Crippen molar-refractivity contribution in [3.63, 3.8) is 0 Å². The molecule has 0 fully saturated rings. The minimum atomic E-state index is -0.616. The van der Waals surface area contributed by atoms with E-state index in [1.165, 1.54) is 6.07 Å². The molecular weight excluding hydrogens is 354 g/mol. The number of rotatable bonds is 5. The van der Waals surface area contributed by atoms with Crippen molar-refractivity contribution in [3.8, 4) is 23.0 Å². The van der Waals surface area contributed by atoms with Gasteiger partial charge in [0.25, 0.3) is 5.91 Å². The minimum Gasteiger partial charge on any atom is -0.486 e. The Morgan fingerprint density at radius 3 is 2.67 bits per heavy atom. The van der Waals surface area contributed by atoms with Gasteiger partial charge in [-0.1, -0.05) is 12.1 Å². The van der Waals surface area contributed by atoms with Crippen molar-refractivity contribution >= 4 is 11.9 Å². The van der Waals surface area contributed by atoms with Crippen LogP contribution in [-0.2, 0) is 9.53 Å². The standard InChI is InChI=1S/C19H17NO7/c21-18(20-8-13-9-23-14-3-1-2-4-16(14)27-13)10-24-19(22)12-5-6-15-17(7-12)26-11-25-15/h1-7,13H,8-11H2,(H,20,21)/t13-/m0/s1. The first-order chi connectivity index (χ1) is 13.2. The third-order valence-corrected chi connectivity index (χ3v) is 4.04. The summed E-state index contributed by atoms with van der Waals surface area (Å²) in [4.78, 5) is 24.0. The number of amides is 1. The number of ether oxygens (including phenoxy) is 5. The van der Waals surface area contributed by atoms with Gasteiger partial charge in [-0.15, -0.1) is 0 Å². The largest absolute Gasteiger partial charge is 0.486 e. The molecule has 2 aromatic rings. The van der Waals surface area contributed by atoms with Crippen LogP contribution in [0.15, 0.2) is 42.5 Å². The number of hydrogen-bond donors (Lipinski definition) is 1. The second kappa shape index (κ2) is 7.45. The van der Waals surface area contributed by atoms with Gasteiger partial charge in [-0.3, -0.25) is 4.79 Å². The molecule has 140 valence electrons. The summed E-state index contributed by atoms with van der Waals surface area (Å²) in [6.45, 7) is 0.300. The predicted octanol–water partition coefficient (Wildman–Crippen LogP) is 1.53. The van der Waals surface area contributed by atoms with Gasteiger partial charge in [0.2, 0.25) is 6.79 Å². The normalized spacial score (nSPS) is 16.5. The van der Waals surface area contributed by atoms with Crippen LogP contribution in [0.1, 0.15) is 10.4 Å². The van der Waals surface area contributed by atoms with E-state index in [0.717, 1.165) is 0 Å². The topological polar surface area (TPSA) is 92.3 Å². The van der Waals surface area contributed by atoms with Crippen molar-refractivity contribution in [3.05, 3.63) is 48.0 Å². The average Bonchev–Trinajstić information content (AvgIpc) is 3.18.